The number of ether oxygens (including phenoxy) is 1. The van der Waals surface area contributed by atoms with Crippen LogP contribution in [0.3, 0.4) is 0 Å². The normalized spacial score (nSPS) is 14.9. The summed E-state index contributed by atoms with van der Waals surface area (Å²) in [6.07, 6.45) is 3.40. The summed E-state index contributed by atoms with van der Waals surface area (Å²) in [5.41, 5.74) is -1.14. The highest BCUT2D eigenvalue weighted by Gasteiger charge is 2.31. The molecule has 0 aliphatic heterocycles. The summed E-state index contributed by atoms with van der Waals surface area (Å²) in [6, 6.07) is 0.846. The Morgan fingerprint density at radius 1 is 1.21 bits per heavy atom. The van der Waals surface area contributed by atoms with E-state index in [0.717, 1.165) is 24.6 Å². The molecule has 130 valence electrons. The Morgan fingerprint density at radius 2 is 1.83 bits per heavy atom. The summed E-state index contributed by atoms with van der Waals surface area (Å²) in [5, 5.41) is 3.23. The molecule has 0 aromatic heterocycles. The number of carbonyl (C=O) groups is 2. The van der Waals surface area contributed by atoms with Gasteiger partial charge in [-0.1, -0.05) is 0 Å². The second-order valence-electron chi connectivity index (χ2n) is 5.12. The summed E-state index contributed by atoms with van der Waals surface area (Å²) in [4.78, 5) is 24.8. The van der Waals surface area contributed by atoms with E-state index in [9.17, 15) is 22.8 Å². The van der Waals surface area contributed by atoms with Crippen molar-refractivity contribution in [3.8, 4) is 0 Å². The minimum atomic E-state index is -1.41. The Labute approximate surface area is 141 Å². The van der Waals surface area contributed by atoms with Crippen molar-refractivity contribution in [2.45, 2.75) is 25.8 Å². The summed E-state index contributed by atoms with van der Waals surface area (Å²) in [6.45, 7) is 1.58. The molecule has 1 N–H and O–H groups in total. The molecule has 1 saturated carbocycles. The fourth-order valence-electron chi connectivity index (χ4n) is 1.97. The fraction of sp³-hybridized carbons (Fsp3) is 0.375. The van der Waals surface area contributed by atoms with Crippen LogP contribution in [0.25, 0.3) is 0 Å². The average molecular weight is 359 g/mol. The van der Waals surface area contributed by atoms with Crippen molar-refractivity contribution >= 4 is 23.5 Å². The first-order chi connectivity index (χ1) is 11.4. The van der Waals surface area contributed by atoms with Gasteiger partial charge >= 0.3 is 5.97 Å². The second kappa shape index (κ2) is 7.74. The summed E-state index contributed by atoms with van der Waals surface area (Å²) in [5.74, 6) is -6.02. The zero-order chi connectivity index (χ0) is 17.9. The third kappa shape index (κ3) is 4.11. The molecule has 0 saturated heterocycles. The van der Waals surface area contributed by atoms with Crippen molar-refractivity contribution in [3.05, 3.63) is 45.8 Å². The van der Waals surface area contributed by atoms with Gasteiger partial charge in [0.05, 0.1) is 17.2 Å². The maximum Gasteiger partial charge on any atom is 0.344 e. The van der Waals surface area contributed by atoms with Crippen LogP contribution in [0.15, 0.2) is 22.7 Å². The Morgan fingerprint density at radius 3 is 2.38 bits per heavy atom. The first kappa shape index (κ1) is 18.4. The number of thioether (sulfide) groups is 1. The van der Waals surface area contributed by atoms with Crippen molar-refractivity contribution in [3.63, 3.8) is 0 Å². The monoisotopic (exact) mass is 359 g/mol. The maximum atomic E-state index is 13.9. The molecular weight excluding hydrogens is 343 g/mol. The molecule has 8 heteroatoms. The standard InChI is InChI=1S/C16H16F3NO3S/c1-3-23-16(22)13(15(24-2)20-8-4-5-8)14(21)9-6-11(18)12(19)7-10(9)17/h6-8,20H,3-5H2,1-2H3. The second-order valence-corrected chi connectivity index (χ2v) is 5.94. The Bertz CT molecular complexity index is 702. The summed E-state index contributed by atoms with van der Waals surface area (Å²) in [7, 11) is 0. The van der Waals surface area contributed by atoms with Gasteiger partial charge in [0.15, 0.2) is 11.6 Å². The zero-order valence-corrected chi connectivity index (χ0v) is 13.9. The number of ketones is 1. The molecule has 1 aromatic carbocycles. The SMILES string of the molecule is CCOC(=O)C(C(=O)c1cc(F)c(F)cc1F)=C(NC1CC1)SC. The smallest absolute Gasteiger partial charge is 0.344 e. The van der Waals surface area contributed by atoms with Crippen LogP contribution < -0.4 is 5.32 Å². The minimum absolute atomic E-state index is 0.0148. The molecule has 1 aliphatic rings. The number of rotatable bonds is 7. The summed E-state index contributed by atoms with van der Waals surface area (Å²) >= 11 is 1.09. The molecule has 0 unspecified atom stereocenters. The van der Waals surface area contributed by atoms with Crippen LogP contribution in [-0.4, -0.2) is 30.7 Å². The Balaban J connectivity index is 2.49. The minimum Gasteiger partial charge on any atom is -0.462 e. The van der Waals surface area contributed by atoms with Gasteiger partial charge in [-0.15, -0.1) is 11.8 Å². The molecule has 1 aromatic rings. The van der Waals surface area contributed by atoms with Crippen molar-refractivity contribution in [2.75, 3.05) is 12.9 Å². The lowest BCUT2D eigenvalue weighted by Gasteiger charge is -2.14. The van der Waals surface area contributed by atoms with Crippen LogP contribution in [0.4, 0.5) is 13.2 Å². The number of halogens is 3. The highest BCUT2D eigenvalue weighted by atomic mass is 32.2. The average Bonchev–Trinajstić information content (AvgIpc) is 3.34. The zero-order valence-electron chi connectivity index (χ0n) is 13.1. The third-order valence-electron chi connectivity index (χ3n) is 3.30. The molecule has 1 aliphatic carbocycles. The molecule has 0 atom stereocenters. The van der Waals surface area contributed by atoms with E-state index < -0.39 is 40.3 Å². The number of nitrogens with one attached hydrogen (secondary N) is 1. The number of esters is 1. The lowest BCUT2D eigenvalue weighted by molar-refractivity contribution is -0.138. The van der Waals surface area contributed by atoms with Gasteiger partial charge in [0, 0.05) is 12.1 Å². The lowest BCUT2D eigenvalue weighted by Crippen LogP contribution is -2.25. The highest BCUT2D eigenvalue weighted by molar-refractivity contribution is 8.02. The van der Waals surface area contributed by atoms with Crippen LogP contribution in [0.5, 0.6) is 0 Å². The molecule has 24 heavy (non-hydrogen) atoms. The predicted molar refractivity (Wildman–Crippen MR) is 84.0 cm³/mol. The molecule has 0 amide bonds. The predicted octanol–water partition coefficient (Wildman–Crippen LogP) is 3.18. The number of carbonyl (C=O) groups excluding carboxylic acids is 2. The molecule has 2 rings (SSSR count). The number of Topliss-reactive ketones (excluding diaryl/α,β-unsaturated/α-hetero) is 1. The van der Waals surface area contributed by atoms with Gasteiger partial charge in [-0.25, -0.2) is 18.0 Å². The van der Waals surface area contributed by atoms with Crippen molar-refractivity contribution in [2.24, 2.45) is 0 Å². The molecule has 0 spiro atoms. The van der Waals surface area contributed by atoms with Gasteiger partial charge in [0.1, 0.15) is 11.4 Å². The van der Waals surface area contributed by atoms with E-state index in [4.69, 9.17) is 4.74 Å². The molecule has 1 fully saturated rings. The van der Waals surface area contributed by atoms with Crippen LogP contribution in [-0.2, 0) is 9.53 Å². The maximum absolute atomic E-state index is 13.9. The fourth-order valence-corrected chi connectivity index (χ4v) is 2.63. The molecular formula is C16H16F3NO3S. The molecule has 0 heterocycles. The Kier molecular flexibility index (Phi) is 5.93. The van der Waals surface area contributed by atoms with E-state index in [0.29, 0.717) is 6.07 Å². The first-order valence-electron chi connectivity index (χ1n) is 7.30. The van der Waals surface area contributed by atoms with Gasteiger partial charge < -0.3 is 10.1 Å². The van der Waals surface area contributed by atoms with Gasteiger partial charge in [-0.05, 0) is 32.1 Å². The van der Waals surface area contributed by atoms with E-state index >= 15 is 0 Å². The van der Waals surface area contributed by atoms with Gasteiger partial charge in [-0.3, -0.25) is 4.79 Å². The van der Waals surface area contributed by atoms with E-state index in [-0.39, 0.29) is 23.7 Å². The van der Waals surface area contributed by atoms with Crippen LogP contribution in [0.1, 0.15) is 30.1 Å². The van der Waals surface area contributed by atoms with Gasteiger partial charge in [0.25, 0.3) is 0 Å². The molecule has 0 radical (unpaired) electrons. The van der Waals surface area contributed by atoms with Crippen LogP contribution in [0, 0.1) is 17.5 Å². The van der Waals surface area contributed by atoms with Crippen LogP contribution in [0.2, 0.25) is 0 Å². The van der Waals surface area contributed by atoms with E-state index in [1.54, 1.807) is 13.2 Å². The van der Waals surface area contributed by atoms with E-state index in [2.05, 4.69) is 5.32 Å². The quantitative estimate of drug-likeness (QED) is 0.202. The first-order valence-corrected chi connectivity index (χ1v) is 8.52. The number of hydrogen-bond donors (Lipinski definition) is 1. The third-order valence-corrected chi connectivity index (χ3v) is 4.04. The molecule has 0 bridgehead atoms. The number of hydrogen-bond acceptors (Lipinski definition) is 5. The molecule has 4 nitrogen and oxygen atoms in total. The van der Waals surface area contributed by atoms with Gasteiger partial charge in [0.2, 0.25) is 5.78 Å². The lowest BCUT2D eigenvalue weighted by atomic mass is 10.0. The van der Waals surface area contributed by atoms with Crippen molar-refractivity contribution < 1.29 is 27.5 Å². The summed E-state index contributed by atoms with van der Waals surface area (Å²) < 4.78 is 45.2. The number of benzene rings is 1. The van der Waals surface area contributed by atoms with E-state index in [1.165, 1.54) is 0 Å². The van der Waals surface area contributed by atoms with Crippen molar-refractivity contribution in [1.82, 2.24) is 5.32 Å². The van der Waals surface area contributed by atoms with Gasteiger partial charge in [-0.2, -0.15) is 0 Å². The van der Waals surface area contributed by atoms with Crippen molar-refractivity contribution in [1.29, 1.82) is 0 Å². The van der Waals surface area contributed by atoms with Crippen LogP contribution >= 0.6 is 11.8 Å². The largest absolute Gasteiger partial charge is 0.462 e. The highest BCUT2D eigenvalue weighted by Crippen LogP contribution is 2.27. The van der Waals surface area contributed by atoms with E-state index in [1.807, 2.05) is 0 Å². The Hall–Kier alpha value is -1.96. The topological polar surface area (TPSA) is 55.4 Å².